The first-order valence-electron chi connectivity index (χ1n) is 6.14. The molecule has 1 aromatic heterocycles. The number of hydrogen-bond donors (Lipinski definition) is 2. The van der Waals surface area contributed by atoms with Crippen LogP contribution in [0.25, 0.3) is 0 Å². The number of aromatic nitrogens is 1. The molecule has 0 aliphatic carbocycles. The van der Waals surface area contributed by atoms with E-state index in [4.69, 9.17) is 10.8 Å². The van der Waals surface area contributed by atoms with Crippen LogP contribution in [0, 0.1) is 5.41 Å². The minimum Gasteiger partial charge on any atom is -0.477 e. The normalized spacial score (nSPS) is 18.7. The van der Waals surface area contributed by atoms with Crippen molar-refractivity contribution in [2.45, 2.75) is 26.7 Å². The van der Waals surface area contributed by atoms with Crippen molar-refractivity contribution in [3.8, 4) is 0 Å². The summed E-state index contributed by atoms with van der Waals surface area (Å²) in [5, 5.41) is 8.96. The third kappa shape index (κ3) is 2.55. The van der Waals surface area contributed by atoms with E-state index in [2.05, 4.69) is 23.7 Å². The molecule has 1 aromatic rings. The van der Waals surface area contributed by atoms with Crippen molar-refractivity contribution in [2.24, 2.45) is 5.41 Å². The highest BCUT2D eigenvalue weighted by atomic mass is 16.4. The maximum Gasteiger partial charge on any atom is 0.354 e. The molecule has 18 heavy (non-hydrogen) atoms. The van der Waals surface area contributed by atoms with Gasteiger partial charge in [-0.25, -0.2) is 9.78 Å². The van der Waals surface area contributed by atoms with Gasteiger partial charge in [-0.1, -0.05) is 13.8 Å². The molecule has 0 bridgehead atoms. The first kappa shape index (κ1) is 12.7. The zero-order valence-electron chi connectivity index (χ0n) is 10.8. The largest absolute Gasteiger partial charge is 0.477 e. The fourth-order valence-corrected chi connectivity index (χ4v) is 2.16. The lowest BCUT2D eigenvalue weighted by Crippen LogP contribution is -2.38. The number of anilines is 2. The van der Waals surface area contributed by atoms with Crippen LogP contribution in [0.1, 0.15) is 37.2 Å². The second-order valence-electron chi connectivity index (χ2n) is 5.57. The summed E-state index contributed by atoms with van der Waals surface area (Å²) in [4.78, 5) is 17.1. The molecular weight excluding hydrogens is 230 g/mol. The van der Waals surface area contributed by atoms with E-state index in [1.165, 1.54) is 6.07 Å². The summed E-state index contributed by atoms with van der Waals surface area (Å²) in [5.41, 5.74) is 6.82. The van der Waals surface area contributed by atoms with E-state index in [1.54, 1.807) is 6.07 Å². The second-order valence-corrected chi connectivity index (χ2v) is 5.57. The molecule has 1 aliphatic rings. The zero-order valence-corrected chi connectivity index (χ0v) is 10.8. The predicted octanol–water partition coefficient (Wildman–Crippen LogP) is 1.99. The van der Waals surface area contributed by atoms with Crippen molar-refractivity contribution in [2.75, 3.05) is 23.7 Å². The number of aromatic carboxylic acids is 1. The van der Waals surface area contributed by atoms with E-state index < -0.39 is 5.97 Å². The average Bonchev–Trinajstić information content (AvgIpc) is 2.30. The Hall–Kier alpha value is -1.78. The lowest BCUT2D eigenvalue weighted by Gasteiger charge is -2.37. The van der Waals surface area contributed by atoms with E-state index >= 15 is 0 Å². The molecule has 3 N–H and O–H groups in total. The summed E-state index contributed by atoms with van der Waals surface area (Å²) >= 11 is 0. The molecule has 2 rings (SSSR count). The number of carbonyl (C=O) groups is 1. The molecule has 2 heterocycles. The average molecular weight is 249 g/mol. The molecule has 0 amide bonds. The second kappa shape index (κ2) is 4.48. The van der Waals surface area contributed by atoms with Crippen LogP contribution in [0.15, 0.2) is 12.1 Å². The Bertz CT molecular complexity index is 461. The summed E-state index contributed by atoms with van der Waals surface area (Å²) in [7, 11) is 0. The van der Waals surface area contributed by atoms with Gasteiger partial charge in [-0.15, -0.1) is 0 Å². The van der Waals surface area contributed by atoms with Crippen LogP contribution in [0.3, 0.4) is 0 Å². The van der Waals surface area contributed by atoms with Crippen LogP contribution >= 0.6 is 0 Å². The first-order chi connectivity index (χ1) is 8.39. The van der Waals surface area contributed by atoms with E-state index in [0.29, 0.717) is 16.9 Å². The van der Waals surface area contributed by atoms with Crippen LogP contribution in [-0.2, 0) is 0 Å². The van der Waals surface area contributed by atoms with Crippen molar-refractivity contribution < 1.29 is 9.90 Å². The topological polar surface area (TPSA) is 79.5 Å². The number of hydrogen-bond acceptors (Lipinski definition) is 4. The Labute approximate surface area is 107 Å². The Morgan fingerprint density at radius 3 is 2.56 bits per heavy atom. The van der Waals surface area contributed by atoms with E-state index in [1.807, 2.05) is 0 Å². The smallest absolute Gasteiger partial charge is 0.354 e. The molecular formula is C13H19N3O2. The summed E-state index contributed by atoms with van der Waals surface area (Å²) in [6.07, 6.45) is 2.12. The Morgan fingerprint density at radius 2 is 2.00 bits per heavy atom. The SMILES string of the molecule is CC1(C)CCN(c2nc(C(=O)O)ccc2N)CC1. The van der Waals surface area contributed by atoms with Crippen molar-refractivity contribution in [1.82, 2.24) is 4.98 Å². The van der Waals surface area contributed by atoms with E-state index in [-0.39, 0.29) is 5.69 Å². The number of nitrogens with two attached hydrogens (primary N) is 1. The van der Waals surface area contributed by atoms with Gasteiger partial charge in [-0.2, -0.15) is 0 Å². The molecule has 1 fully saturated rings. The van der Waals surface area contributed by atoms with Crippen LogP contribution < -0.4 is 10.6 Å². The summed E-state index contributed by atoms with van der Waals surface area (Å²) < 4.78 is 0. The zero-order chi connectivity index (χ0) is 13.3. The fraction of sp³-hybridized carbons (Fsp3) is 0.538. The lowest BCUT2D eigenvalue weighted by atomic mass is 9.83. The molecule has 5 heteroatoms. The van der Waals surface area contributed by atoms with Crippen molar-refractivity contribution in [1.29, 1.82) is 0 Å². The maximum absolute atomic E-state index is 10.9. The standard InChI is InChI=1S/C13H19N3O2/c1-13(2)5-7-16(8-6-13)11-9(14)3-4-10(15-11)12(17)18/h3-4H,5-8,14H2,1-2H3,(H,17,18). The van der Waals surface area contributed by atoms with Gasteiger partial charge in [0.1, 0.15) is 0 Å². The quantitative estimate of drug-likeness (QED) is 0.838. The van der Waals surface area contributed by atoms with Crippen LogP contribution in [0.2, 0.25) is 0 Å². The molecule has 98 valence electrons. The minimum atomic E-state index is -1.02. The van der Waals surface area contributed by atoms with Gasteiger partial charge >= 0.3 is 5.97 Å². The summed E-state index contributed by atoms with van der Waals surface area (Å²) in [6, 6.07) is 3.06. The highest BCUT2D eigenvalue weighted by molar-refractivity contribution is 5.87. The van der Waals surface area contributed by atoms with Gasteiger partial charge < -0.3 is 15.7 Å². The van der Waals surface area contributed by atoms with Crippen molar-refractivity contribution in [3.05, 3.63) is 17.8 Å². The number of nitrogen functional groups attached to an aromatic ring is 1. The third-order valence-electron chi connectivity index (χ3n) is 3.54. The maximum atomic E-state index is 10.9. The molecule has 1 saturated heterocycles. The molecule has 1 aliphatic heterocycles. The van der Waals surface area contributed by atoms with Gasteiger partial charge in [0.15, 0.2) is 11.5 Å². The van der Waals surface area contributed by atoms with Crippen LogP contribution in [0.4, 0.5) is 11.5 Å². The number of carboxylic acid groups (broad SMARTS) is 1. The number of pyridine rings is 1. The highest BCUT2D eigenvalue weighted by Gasteiger charge is 2.27. The van der Waals surface area contributed by atoms with Gasteiger partial charge in [0, 0.05) is 13.1 Å². The van der Waals surface area contributed by atoms with Crippen molar-refractivity contribution >= 4 is 17.5 Å². The fourth-order valence-electron chi connectivity index (χ4n) is 2.16. The minimum absolute atomic E-state index is 0.0454. The molecule has 0 atom stereocenters. The van der Waals surface area contributed by atoms with E-state index in [9.17, 15) is 4.79 Å². The van der Waals surface area contributed by atoms with Gasteiger partial charge in [-0.05, 0) is 30.4 Å². The van der Waals surface area contributed by atoms with Gasteiger partial charge in [0.25, 0.3) is 0 Å². The Balaban J connectivity index is 2.23. The highest BCUT2D eigenvalue weighted by Crippen LogP contribution is 2.33. The molecule has 0 unspecified atom stereocenters. The number of piperidine rings is 1. The Kier molecular flexibility index (Phi) is 3.15. The van der Waals surface area contributed by atoms with E-state index in [0.717, 1.165) is 25.9 Å². The molecule has 0 radical (unpaired) electrons. The van der Waals surface area contributed by atoms with Crippen LogP contribution in [0.5, 0.6) is 0 Å². The lowest BCUT2D eigenvalue weighted by molar-refractivity contribution is 0.0690. The summed E-state index contributed by atoms with van der Waals surface area (Å²) in [5.74, 6) is -0.418. The number of nitrogens with zero attached hydrogens (tertiary/aromatic N) is 2. The molecule has 0 spiro atoms. The number of rotatable bonds is 2. The van der Waals surface area contributed by atoms with Crippen molar-refractivity contribution in [3.63, 3.8) is 0 Å². The molecule has 0 aromatic carbocycles. The monoisotopic (exact) mass is 249 g/mol. The van der Waals surface area contributed by atoms with Gasteiger partial charge in [0.2, 0.25) is 0 Å². The number of carboxylic acids is 1. The first-order valence-corrected chi connectivity index (χ1v) is 6.14. The van der Waals surface area contributed by atoms with Gasteiger partial charge in [0.05, 0.1) is 5.69 Å². The summed E-state index contributed by atoms with van der Waals surface area (Å²) in [6.45, 7) is 6.23. The van der Waals surface area contributed by atoms with Gasteiger partial charge in [-0.3, -0.25) is 0 Å². The van der Waals surface area contributed by atoms with Crippen LogP contribution in [-0.4, -0.2) is 29.1 Å². The molecule has 5 nitrogen and oxygen atoms in total. The Morgan fingerprint density at radius 1 is 1.39 bits per heavy atom. The third-order valence-corrected chi connectivity index (χ3v) is 3.54. The predicted molar refractivity (Wildman–Crippen MR) is 70.8 cm³/mol. The molecule has 0 saturated carbocycles.